The number of aromatic nitrogens is 2. The Morgan fingerprint density at radius 3 is 2.80 bits per heavy atom. The van der Waals surface area contributed by atoms with Gasteiger partial charge in [0.1, 0.15) is 11.6 Å². The van der Waals surface area contributed by atoms with Crippen molar-refractivity contribution in [2.75, 3.05) is 26.9 Å². The Morgan fingerprint density at radius 1 is 1.24 bits per heavy atom. The van der Waals surface area contributed by atoms with E-state index in [1.165, 1.54) is 0 Å². The van der Waals surface area contributed by atoms with Crippen LogP contribution in [-0.4, -0.2) is 36.4 Å². The van der Waals surface area contributed by atoms with E-state index in [0.29, 0.717) is 13.2 Å². The summed E-state index contributed by atoms with van der Waals surface area (Å²) in [5.41, 5.74) is 1.09. The molecule has 25 heavy (non-hydrogen) atoms. The smallest absolute Gasteiger partial charge is 0.164 e. The Hall–Kier alpha value is -2.21. The molecular formula is C19H27N3O3. The van der Waals surface area contributed by atoms with Crippen LogP contribution in [0.1, 0.15) is 31.2 Å². The molecule has 1 aliphatic heterocycles. The molecule has 2 heterocycles. The second kappa shape index (κ2) is 8.76. The molecule has 0 amide bonds. The molecule has 1 N–H and O–H groups in total. The van der Waals surface area contributed by atoms with Crippen molar-refractivity contribution in [2.45, 2.75) is 39.3 Å². The molecule has 6 nitrogen and oxygen atoms in total. The average molecular weight is 345 g/mol. The maximum Gasteiger partial charge on any atom is 0.164 e. The number of aryl methyl sites for hydroxylation is 2. The summed E-state index contributed by atoms with van der Waals surface area (Å²) in [7, 11) is 1.69. The van der Waals surface area contributed by atoms with Crippen LogP contribution >= 0.6 is 0 Å². The molecule has 0 radical (unpaired) electrons. The van der Waals surface area contributed by atoms with Crippen molar-refractivity contribution in [1.82, 2.24) is 14.9 Å². The van der Waals surface area contributed by atoms with E-state index in [1.54, 1.807) is 7.11 Å². The van der Waals surface area contributed by atoms with Gasteiger partial charge in [0.15, 0.2) is 11.5 Å². The highest BCUT2D eigenvalue weighted by Crippen LogP contribution is 2.36. The maximum atomic E-state index is 5.77. The van der Waals surface area contributed by atoms with Crippen molar-refractivity contribution in [3.05, 3.63) is 35.9 Å². The molecule has 0 bridgehead atoms. The summed E-state index contributed by atoms with van der Waals surface area (Å²) in [6, 6.07) is 3.95. The summed E-state index contributed by atoms with van der Waals surface area (Å²) in [5.74, 6) is 3.55. The zero-order chi connectivity index (χ0) is 17.5. The quantitative estimate of drug-likeness (QED) is 0.746. The van der Waals surface area contributed by atoms with Crippen molar-refractivity contribution in [2.24, 2.45) is 0 Å². The van der Waals surface area contributed by atoms with Crippen LogP contribution in [0.5, 0.6) is 17.2 Å². The van der Waals surface area contributed by atoms with Crippen molar-refractivity contribution in [1.29, 1.82) is 0 Å². The van der Waals surface area contributed by atoms with Crippen molar-refractivity contribution < 1.29 is 14.2 Å². The SMILES string of the molecule is CCc1nccn1CCCNCc1cc2c(cc1OC)OCCCO2. The first-order valence-electron chi connectivity index (χ1n) is 8.99. The van der Waals surface area contributed by atoms with Gasteiger partial charge in [-0.05, 0) is 19.0 Å². The molecule has 0 spiro atoms. The number of ether oxygens (including phenoxy) is 3. The first-order chi connectivity index (χ1) is 12.3. The van der Waals surface area contributed by atoms with Gasteiger partial charge in [-0.3, -0.25) is 0 Å². The van der Waals surface area contributed by atoms with Crippen molar-refractivity contribution in [3.63, 3.8) is 0 Å². The Morgan fingerprint density at radius 2 is 2.04 bits per heavy atom. The average Bonchev–Trinajstić information content (AvgIpc) is 2.97. The van der Waals surface area contributed by atoms with E-state index in [1.807, 2.05) is 24.5 Å². The summed E-state index contributed by atoms with van der Waals surface area (Å²) in [5, 5.41) is 3.49. The van der Waals surface area contributed by atoms with Gasteiger partial charge < -0.3 is 24.1 Å². The number of nitrogens with one attached hydrogen (secondary N) is 1. The van der Waals surface area contributed by atoms with Gasteiger partial charge >= 0.3 is 0 Å². The number of hydrogen-bond donors (Lipinski definition) is 1. The molecule has 136 valence electrons. The van der Waals surface area contributed by atoms with Crippen LogP contribution in [0, 0.1) is 0 Å². The molecule has 1 aliphatic rings. The monoisotopic (exact) mass is 345 g/mol. The largest absolute Gasteiger partial charge is 0.496 e. The van der Waals surface area contributed by atoms with Gasteiger partial charge in [0.2, 0.25) is 0 Å². The molecule has 6 heteroatoms. The molecule has 3 rings (SSSR count). The van der Waals surface area contributed by atoms with Gasteiger partial charge in [-0.15, -0.1) is 0 Å². The summed E-state index contributed by atoms with van der Waals surface area (Å²) < 4.78 is 19.2. The van der Waals surface area contributed by atoms with Crippen LogP contribution in [0.3, 0.4) is 0 Å². The Balaban J connectivity index is 1.53. The van der Waals surface area contributed by atoms with Gasteiger partial charge in [-0.2, -0.15) is 0 Å². The fraction of sp³-hybridized carbons (Fsp3) is 0.526. The molecule has 0 unspecified atom stereocenters. The van der Waals surface area contributed by atoms with Gasteiger partial charge in [0.25, 0.3) is 0 Å². The summed E-state index contributed by atoms with van der Waals surface area (Å²) >= 11 is 0. The maximum absolute atomic E-state index is 5.77. The fourth-order valence-corrected chi connectivity index (χ4v) is 3.02. The first kappa shape index (κ1) is 17.6. The molecule has 2 aromatic rings. The number of imidazole rings is 1. The number of methoxy groups -OCH3 is 1. The molecule has 1 aromatic carbocycles. The van der Waals surface area contributed by atoms with Gasteiger partial charge in [0.05, 0.1) is 20.3 Å². The van der Waals surface area contributed by atoms with E-state index in [2.05, 4.69) is 21.8 Å². The predicted molar refractivity (Wildman–Crippen MR) is 96.5 cm³/mol. The first-order valence-corrected chi connectivity index (χ1v) is 8.99. The lowest BCUT2D eigenvalue weighted by Gasteiger charge is -2.14. The molecule has 0 atom stereocenters. The van der Waals surface area contributed by atoms with Gasteiger partial charge in [-0.1, -0.05) is 6.92 Å². The van der Waals surface area contributed by atoms with Crippen molar-refractivity contribution >= 4 is 0 Å². The Labute approximate surface area is 149 Å². The molecule has 0 saturated carbocycles. The van der Waals surface area contributed by atoms with Crippen LogP contribution in [-0.2, 0) is 19.5 Å². The third-order valence-electron chi connectivity index (χ3n) is 4.34. The zero-order valence-corrected chi connectivity index (χ0v) is 15.1. The number of hydrogen-bond acceptors (Lipinski definition) is 5. The van der Waals surface area contributed by atoms with Crippen LogP contribution < -0.4 is 19.5 Å². The van der Waals surface area contributed by atoms with Crippen LogP contribution in [0.4, 0.5) is 0 Å². The minimum atomic E-state index is 0.682. The molecule has 0 fully saturated rings. The minimum Gasteiger partial charge on any atom is -0.496 e. The topological polar surface area (TPSA) is 57.5 Å². The van der Waals surface area contributed by atoms with Gasteiger partial charge in [-0.25, -0.2) is 4.98 Å². The highest BCUT2D eigenvalue weighted by atomic mass is 16.5. The lowest BCUT2D eigenvalue weighted by molar-refractivity contribution is 0.296. The lowest BCUT2D eigenvalue weighted by atomic mass is 10.1. The van der Waals surface area contributed by atoms with Gasteiger partial charge in [0, 0.05) is 50.0 Å². The highest BCUT2D eigenvalue weighted by molar-refractivity contribution is 5.51. The molecular weight excluding hydrogens is 318 g/mol. The standard InChI is InChI=1S/C19H27N3O3/c1-3-19-21-7-9-22(19)8-4-6-20-14-15-12-17-18(13-16(15)23-2)25-11-5-10-24-17/h7,9,12-13,20H,3-6,8,10-11,14H2,1-2H3. The third-order valence-corrected chi connectivity index (χ3v) is 4.34. The van der Waals surface area contributed by atoms with Crippen LogP contribution in [0.25, 0.3) is 0 Å². The number of benzene rings is 1. The normalized spacial score (nSPS) is 13.5. The highest BCUT2D eigenvalue weighted by Gasteiger charge is 2.15. The summed E-state index contributed by atoms with van der Waals surface area (Å²) in [6.07, 6.45) is 6.84. The van der Waals surface area contributed by atoms with Crippen molar-refractivity contribution in [3.8, 4) is 17.2 Å². The van der Waals surface area contributed by atoms with Crippen LogP contribution in [0.15, 0.2) is 24.5 Å². The molecule has 0 saturated heterocycles. The van der Waals surface area contributed by atoms with E-state index in [0.717, 1.165) is 67.5 Å². The fourth-order valence-electron chi connectivity index (χ4n) is 3.02. The Bertz CT molecular complexity index is 685. The summed E-state index contributed by atoms with van der Waals surface area (Å²) in [6.45, 7) is 6.16. The second-order valence-corrected chi connectivity index (χ2v) is 6.08. The van der Waals surface area contributed by atoms with E-state index >= 15 is 0 Å². The predicted octanol–water partition coefficient (Wildman–Crippen LogP) is 2.80. The minimum absolute atomic E-state index is 0.682. The summed E-state index contributed by atoms with van der Waals surface area (Å²) in [4.78, 5) is 4.35. The van der Waals surface area contributed by atoms with E-state index in [9.17, 15) is 0 Å². The number of nitrogens with zero attached hydrogens (tertiary/aromatic N) is 2. The molecule has 1 aromatic heterocycles. The van der Waals surface area contributed by atoms with E-state index < -0.39 is 0 Å². The lowest BCUT2D eigenvalue weighted by Crippen LogP contribution is -2.17. The Kier molecular flexibility index (Phi) is 6.17. The van der Waals surface area contributed by atoms with E-state index in [4.69, 9.17) is 14.2 Å². The third kappa shape index (κ3) is 4.45. The van der Waals surface area contributed by atoms with E-state index in [-0.39, 0.29) is 0 Å². The number of fused-ring (bicyclic) bond motifs is 1. The second-order valence-electron chi connectivity index (χ2n) is 6.08. The molecule has 0 aliphatic carbocycles. The zero-order valence-electron chi connectivity index (χ0n) is 15.1. The number of rotatable bonds is 8. The van der Waals surface area contributed by atoms with Crippen LogP contribution in [0.2, 0.25) is 0 Å².